The van der Waals surface area contributed by atoms with Gasteiger partial charge in [-0.1, -0.05) is 18.5 Å². The van der Waals surface area contributed by atoms with Crippen molar-refractivity contribution in [3.05, 3.63) is 21.6 Å². The van der Waals surface area contributed by atoms with Crippen molar-refractivity contribution in [2.24, 2.45) is 0 Å². The standard InChI is InChI=1S/C13H23ClN4O3/c1-4-13(8-19,9-20)16-10-7-15-18(6-5-17(2)3)12(21)11(10)14/h7,16,19-20H,4-6,8-9H2,1-3H3. The minimum atomic E-state index is -0.923. The van der Waals surface area contributed by atoms with Gasteiger partial charge in [0.05, 0.1) is 37.2 Å². The van der Waals surface area contributed by atoms with Crippen molar-refractivity contribution in [2.75, 3.05) is 39.2 Å². The first kappa shape index (κ1) is 17.9. The maximum atomic E-state index is 12.1. The largest absolute Gasteiger partial charge is 0.394 e. The highest BCUT2D eigenvalue weighted by Crippen LogP contribution is 2.22. The Morgan fingerprint density at radius 2 is 2.05 bits per heavy atom. The van der Waals surface area contributed by atoms with Gasteiger partial charge in [0.1, 0.15) is 5.02 Å². The lowest BCUT2D eigenvalue weighted by Crippen LogP contribution is -2.45. The normalized spacial score (nSPS) is 12.0. The summed E-state index contributed by atoms with van der Waals surface area (Å²) in [4.78, 5) is 14.1. The summed E-state index contributed by atoms with van der Waals surface area (Å²) in [5.41, 5.74) is -1.01. The fourth-order valence-corrected chi connectivity index (χ4v) is 1.93. The zero-order chi connectivity index (χ0) is 16.0. The second kappa shape index (κ2) is 7.74. The Hall–Kier alpha value is -1.15. The quantitative estimate of drug-likeness (QED) is 0.625. The minimum Gasteiger partial charge on any atom is -0.394 e. The lowest BCUT2D eigenvalue weighted by atomic mass is 9.98. The molecule has 0 bridgehead atoms. The second-order valence-corrected chi connectivity index (χ2v) is 5.66. The number of nitrogens with zero attached hydrogens (tertiary/aromatic N) is 3. The number of nitrogens with one attached hydrogen (secondary N) is 1. The molecule has 0 aliphatic heterocycles. The van der Waals surface area contributed by atoms with E-state index in [2.05, 4.69) is 10.4 Å². The summed E-state index contributed by atoms with van der Waals surface area (Å²) in [7, 11) is 3.81. The Morgan fingerprint density at radius 1 is 1.43 bits per heavy atom. The molecular formula is C13H23ClN4O3. The van der Waals surface area contributed by atoms with E-state index in [1.54, 1.807) is 0 Å². The predicted octanol–water partition coefficient (Wildman–Crippen LogP) is 0.00360. The Morgan fingerprint density at radius 3 is 2.52 bits per heavy atom. The maximum Gasteiger partial charge on any atom is 0.287 e. The van der Waals surface area contributed by atoms with Crippen LogP contribution in [0.4, 0.5) is 5.69 Å². The highest BCUT2D eigenvalue weighted by Gasteiger charge is 2.27. The summed E-state index contributed by atoms with van der Waals surface area (Å²) in [5.74, 6) is 0. The molecule has 8 heteroatoms. The van der Waals surface area contributed by atoms with Crippen LogP contribution in [0.3, 0.4) is 0 Å². The Labute approximate surface area is 129 Å². The first-order valence-electron chi connectivity index (χ1n) is 6.79. The number of aromatic nitrogens is 2. The number of anilines is 1. The first-order valence-corrected chi connectivity index (χ1v) is 7.17. The van der Waals surface area contributed by atoms with Gasteiger partial charge in [-0.3, -0.25) is 4.79 Å². The molecule has 1 rings (SSSR count). The molecule has 0 fully saturated rings. The molecule has 7 nitrogen and oxygen atoms in total. The molecule has 0 aliphatic carbocycles. The Balaban J connectivity index is 3.01. The fraction of sp³-hybridized carbons (Fsp3) is 0.692. The van der Waals surface area contributed by atoms with Crippen LogP contribution in [0.2, 0.25) is 5.02 Å². The van der Waals surface area contributed by atoms with E-state index < -0.39 is 11.1 Å². The molecule has 0 aromatic carbocycles. The summed E-state index contributed by atoms with van der Waals surface area (Å²) in [6.07, 6.45) is 1.91. The van der Waals surface area contributed by atoms with Crippen LogP contribution in [0, 0.1) is 0 Å². The molecule has 1 aromatic heterocycles. The average molecular weight is 319 g/mol. The summed E-state index contributed by atoms with van der Waals surface area (Å²) >= 11 is 6.08. The summed E-state index contributed by atoms with van der Waals surface area (Å²) < 4.78 is 1.29. The molecule has 0 unspecified atom stereocenters. The van der Waals surface area contributed by atoms with E-state index in [-0.39, 0.29) is 18.2 Å². The number of hydrogen-bond acceptors (Lipinski definition) is 6. The monoisotopic (exact) mass is 318 g/mol. The third-order valence-corrected chi connectivity index (χ3v) is 3.79. The number of rotatable bonds is 8. The van der Waals surface area contributed by atoms with Crippen molar-refractivity contribution in [1.82, 2.24) is 14.7 Å². The van der Waals surface area contributed by atoms with Gasteiger partial charge in [-0.2, -0.15) is 5.10 Å². The first-order chi connectivity index (χ1) is 9.89. The summed E-state index contributed by atoms with van der Waals surface area (Å²) in [5, 5.41) is 25.8. The van der Waals surface area contributed by atoms with Crippen molar-refractivity contribution in [3.8, 4) is 0 Å². The molecule has 0 saturated carbocycles. The fourth-order valence-electron chi connectivity index (χ4n) is 1.73. The van der Waals surface area contributed by atoms with E-state index in [4.69, 9.17) is 11.6 Å². The molecule has 0 spiro atoms. The van der Waals surface area contributed by atoms with Crippen molar-refractivity contribution < 1.29 is 10.2 Å². The van der Waals surface area contributed by atoms with E-state index in [1.165, 1.54) is 10.9 Å². The van der Waals surface area contributed by atoms with Gasteiger partial charge in [0.2, 0.25) is 0 Å². The lowest BCUT2D eigenvalue weighted by Gasteiger charge is -2.31. The second-order valence-electron chi connectivity index (χ2n) is 5.28. The number of aliphatic hydroxyl groups excluding tert-OH is 2. The highest BCUT2D eigenvalue weighted by molar-refractivity contribution is 6.32. The predicted molar refractivity (Wildman–Crippen MR) is 82.9 cm³/mol. The van der Waals surface area contributed by atoms with E-state index in [9.17, 15) is 15.0 Å². The van der Waals surface area contributed by atoms with E-state index >= 15 is 0 Å². The van der Waals surface area contributed by atoms with Gasteiger partial charge in [-0.25, -0.2) is 4.68 Å². The number of aliphatic hydroxyl groups is 2. The van der Waals surface area contributed by atoms with Crippen molar-refractivity contribution in [1.29, 1.82) is 0 Å². The van der Waals surface area contributed by atoms with Crippen molar-refractivity contribution in [3.63, 3.8) is 0 Å². The Kier molecular flexibility index (Phi) is 6.60. The van der Waals surface area contributed by atoms with Crippen LogP contribution in [-0.4, -0.2) is 64.3 Å². The van der Waals surface area contributed by atoms with Crippen LogP contribution in [0.5, 0.6) is 0 Å². The highest BCUT2D eigenvalue weighted by atomic mass is 35.5. The van der Waals surface area contributed by atoms with Crippen LogP contribution >= 0.6 is 11.6 Å². The van der Waals surface area contributed by atoms with Crippen LogP contribution in [0.25, 0.3) is 0 Å². The molecular weight excluding hydrogens is 296 g/mol. The van der Waals surface area contributed by atoms with E-state index in [0.29, 0.717) is 25.2 Å². The van der Waals surface area contributed by atoms with E-state index in [1.807, 2.05) is 25.9 Å². The molecule has 0 radical (unpaired) electrons. The third-order valence-electron chi connectivity index (χ3n) is 3.43. The molecule has 0 atom stereocenters. The topological polar surface area (TPSA) is 90.6 Å². The van der Waals surface area contributed by atoms with Gasteiger partial charge in [-0.05, 0) is 20.5 Å². The zero-order valence-electron chi connectivity index (χ0n) is 12.6. The van der Waals surface area contributed by atoms with Crippen molar-refractivity contribution in [2.45, 2.75) is 25.4 Å². The van der Waals surface area contributed by atoms with Crippen LogP contribution in [-0.2, 0) is 6.54 Å². The molecule has 1 aromatic rings. The maximum absolute atomic E-state index is 12.1. The van der Waals surface area contributed by atoms with Gasteiger partial charge in [0.15, 0.2) is 0 Å². The summed E-state index contributed by atoms with van der Waals surface area (Å²) in [6.45, 7) is 2.37. The lowest BCUT2D eigenvalue weighted by molar-refractivity contribution is 0.132. The zero-order valence-corrected chi connectivity index (χ0v) is 13.4. The SMILES string of the molecule is CCC(CO)(CO)Nc1cnn(CCN(C)C)c(=O)c1Cl. The number of hydrogen-bond donors (Lipinski definition) is 3. The van der Waals surface area contributed by atoms with E-state index in [0.717, 1.165) is 0 Å². The van der Waals surface area contributed by atoms with Gasteiger partial charge in [-0.15, -0.1) is 0 Å². The van der Waals surface area contributed by atoms with Crippen LogP contribution in [0.15, 0.2) is 11.0 Å². The third kappa shape index (κ3) is 4.41. The van der Waals surface area contributed by atoms with Gasteiger partial charge in [0, 0.05) is 6.54 Å². The molecule has 0 aliphatic rings. The van der Waals surface area contributed by atoms with Crippen LogP contribution in [0.1, 0.15) is 13.3 Å². The molecule has 0 saturated heterocycles. The number of halogens is 1. The molecule has 1 heterocycles. The molecule has 120 valence electrons. The van der Waals surface area contributed by atoms with Gasteiger partial charge >= 0.3 is 0 Å². The van der Waals surface area contributed by atoms with Crippen molar-refractivity contribution >= 4 is 17.3 Å². The molecule has 21 heavy (non-hydrogen) atoms. The minimum absolute atomic E-state index is 0.00322. The smallest absolute Gasteiger partial charge is 0.287 e. The Bertz CT molecular complexity index is 506. The summed E-state index contributed by atoms with van der Waals surface area (Å²) in [6, 6.07) is 0. The van der Waals surface area contributed by atoms with Crippen LogP contribution < -0.4 is 10.9 Å². The number of likely N-dealkylation sites (N-methyl/N-ethyl adjacent to an activating group) is 1. The molecule has 3 N–H and O–H groups in total. The van der Waals surface area contributed by atoms with Gasteiger partial charge in [0.25, 0.3) is 5.56 Å². The van der Waals surface area contributed by atoms with Gasteiger partial charge < -0.3 is 20.4 Å². The average Bonchev–Trinajstić information content (AvgIpc) is 2.48. The molecule has 0 amide bonds.